The van der Waals surface area contributed by atoms with Crippen LogP contribution in [0.25, 0.3) is 0 Å². The van der Waals surface area contributed by atoms with Gasteiger partial charge in [-0.05, 0) is 61.1 Å². The highest BCUT2D eigenvalue weighted by molar-refractivity contribution is 7.91. The molecule has 35 heavy (non-hydrogen) atoms. The van der Waals surface area contributed by atoms with E-state index >= 15 is 0 Å². The summed E-state index contributed by atoms with van der Waals surface area (Å²) >= 11 is 0. The van der Waals surface area contributed by atoms with Gasteiger partial charge in [-0.15, -0.1) is 12.4 Å². The summed E-state index contributed by atoms with van der Waals surface area (Å²) in [5, 5.41) is 0. The second-order valence-electron chi connectivity index (χ2n) is 9.64. The van der Waals surface area contributed by atoms with Crippen LogP contribution in [0.3, 0.4) is 0 Å². The number of rotatable bonds is 10. The lowest BCUT2D eigenvalue weighted by Crippen LogP contribution is -3.00. The molecule has 3 rings (SSSR count). The molecule has 1 aliphatic rings. The Morgan fingerprint density at radius 3 is 1.54 bits per heavy atom. The molecular formula is C25H38Cl2N2O4S2. The van der Waals surface area contributed by atoms with Gasteiger partial charge in [-0.25, -0.2) is 16.8 Å². The molecule has 198 valence electrons. The van der Waals surface area contributed by atoms with E-state index in [9.17, 15) is 16.8 Å². The molecule has 0 aliphatic carbocycles. The van der Waals surface area contributed by atoms with Crippen molar-refractivity contribution in [2.75, 3.05) is 38.7 Å². The molecule has 1 unspecified atom stereocenters. The Bertz CT molecular complexity index is 1060. The molecule has 2 N–H and O–H groups in total. The first-order chi connectivity index (χ1) is 15.5. The number of piperidine rings is 1. The third kappa shape index (κ3) is 9.67. The van der Waals surface area contributed by atoms with Crippen LogP contribution < -0.4 is 18.1 Å². The van der Waals surface area contributed by atoms with E-state index < -0.39 is 19.7 Å². The molecule has 2 aromatic carbocycles. The summed E-state index contributed by atoms with van der Waals surface area (Å²) in [5.74, 6) is 0. The molecule has 1 saturated heterocycles. The summed E-state index contributed by atoms with van der Waals surface area (Å²) < 4.78 is 47.7. The van der Waals surface area contributed by atoms with Crippen LogP contribution in [0.15, 0.2) is 58.3 Å². The number of hydrogen-bond donors (Lipinski definition) is 1. The molecule has 0 bridgehead atoms. The summed E-state index contributed by atoms with van der Waals surface area (Å²) in [4.78, 5) is 0.725. The van der Waals surface area contributed by atoms with Gasteiger partial charge in [0.15, 0.2) is 19.7 Å². The second-order valence-corrected chi connectivity index (χ2v) is 13.7. The van der Waals surface area contributed by atoms with E-state index in [0.29, 0.717) is 9.79 Å². The molecule has 1 aliphatic heterocycles. The predicted octanol–water partition coefficient (Wildman–Crippen LogP) is 0.423. The van der Waals surface area contributed by atoms with E-state index in [-0.39, 0.29) is 30.9 Å². The van der Waals surface area contributed by atoms with Crippen molar-refractivity contribution in [1.29, 1.82) is 0 Å². The Labute approximate surface area is 223 Å². The van der Waals surface area contributed by atoms with Crippen LogP contribution in [0.5, 0.6) is 0 Å². The Hall–Kier alpha value is -1.16. The Morgan fingerprint density at radius 2 is 1.20 bits per heavy atom. The van der Waals surface area contributed by atoms with Crippen molar-refractivity contribution in [3.05, 3.63) is 59.7 Å². The van der Waals surface area contributed by atoms with Crippen molar-refractivity contribution in [2.24, 2.45) is 5.73 Å². The average Bonchev–Trinajstić information content (AvgIpc) is 2.73. The van der Waals surface area contributed by atoms with Crippen LogP contribution >= 0.6 is 12.4 Å². The van der Waals surface area contributed by atoms with E-state index in [2.05, 4.69) is 0 Å². The number of nitrogens with two attached hydrogens (primary N) is 1. The molecule has 0 radical (unpaired) electrons. The molecule has 6 nitrogen and oxygen atoms in total. The highest BCUT2D eigenvalue weighted by atomic mass is 35.5. The van der Waals surface area contributed by atoms with Gasteiger partial charge in [-0.3, -0.25) is 0 Å². The van der Waals surface area contributed by atoms with Crippen molar-refractivity contribution < 1.29 is 33.7 Å². The molecule has 10 heteroatoms. The number of likely N-dealkylation sites (tertiary alicyclic amines) is 1. The highest BCUT2D eigenvalue weighted by Crippen LogP contribution is 2.22. The fourth-order valence-corrected chi connectivity index (χ4v) is 6.19. The monoisotopic (exact) mass is 564 g/mol. The first-order valence-corrected chi connectivity index (χ1v) is 15.4. The molecule has 1 atom stereocenters. The first-order valence-electron chi connectivity index (χ1n) is 11.7. The molecule has 0 saturated carbocycles. The lowest BCUT2D eigenvalue weighted by atomic mass is 10.00. The summed E-state index contributed by atoms with van der Waals surface area (Å²) in [7, 11) is -6.33. The van der Waals surface area contributed by atoms with E-state index in [4.69, 9.17) is 5.73 Å². The number of halogens is 2. The van der Waals surface area contributed by atoms with Gasteiger partial charge in [-0.1, -0.05) is 24.3 Å². The average molecular weight is 566 g/mol. The Kier molecular flexibility index (Phi) is 12.2. The zero-order valence-corrected chi connectivity index (χ0v) is 23.7. The predicted molar refractivity (Wildman–Crippen MR) is 140 cm³/mol. The van der Waals surface area contributed by atoms with Gasteiger partial charge < -0.3 is 22.6 Å². The Balaban J connectivity index is 0.00000306. The van der Waals surface area contributed by atoms with Crippen LogP contribution in [0.4, 0.5) is 0 Å². The van der Waals surface area contributed by atoms with Crippen LogP contribution in [0.1, 0.15) is 36.8 Å². The standard InChI is InChI=1S/C25H37N2O4S2.2ClH/c1-32(28,29)24-13-9-21(10-14-24)6-3-17-27(19-5-8-23(26)20-27)18-4-7-22-11-15-25(16-12-22)33(2,30)31;;/h9-16,23H,3-8,17-20,26H2,1-2H3;2*1H/q+1;;/p-1. The molecule has 2 aromatic rings. The highest BCUT2D eigenvalue weighted by Gasteiger charge is 2.32. The van der Waals surface area contributed by atoms with E-state index in [1.54, 1.807) is 24.3 Å². The minimum Gasteiger partial charge on any atom is -1.00 e. The third-order valence-electron chi connectivity index (χ3n) is 6.73. The van der Waals surface area contributed by atoms with Crippen LogP contribution in [0, 0.1) is 0 Å². The van der Waals surface area contributed by atoms with Gasteiger partial charge in [0.05, 0.1) is 42.0 Å². The number of sulfone groups is 2. The zero-order chi connectivity index (χ0) is 24.1. The summed E-state index contributed by atoms with van der Waals surface area (Å²) in [6.07, 6.45) is 8.61. The van der Waals surface area contributed by atoms with Crippen molar-refractivity contribution in [3.63, 3.8) is 0 Å². The fraction of sp³-hybridized carbons (Fsp3) is 0.520. The molecule has 1 fully saturated rings. The summed E-state index contributed by atoms with van der Waals surface area (Å²) in [5.41, 5.74) is 8.68. The van der Waals surface area contributed by atoms with Gasteiger partial charge in [0.2, 0.25) is 0 Å². The largest absolute Gasteiger partial charge is 1.00 e. The molecule has 0 amide bonds. The SMILES string of the molecule is CS(=O)(=O)c1ccc(CCC[N+]2(CCCc3ccc(S(C)(=O)=O)cc3)CCCC(N)C2)cc1.Cl.[Cl-]. The van der Waals surface area contributed by atoms with E-state index in [1.807, 2.05) is 24.3 Å². The maximum absolute atomic E-state index is 11.7. The van der Waals surface area contributed by atoms with Gasteiger partial charge in [0.1, 0.15) is 0 Å². The van der Waals surface area contributed by atoms with Gasteiger partial charge in [0, 0.05) is 25.4 Å². The van der Waals surface area contributed by atoms with Crippen LogP contribution in [-0.2, 0) is 32.5 Å². The smallest absolute Gasteiger partial charge is 0.175 e. The maximum Gasteiger partial charge on any atom is 0.175 e. The molecule has 0 aromatic heterocycles. The minimum atomic E-state index is -3.16. The topological polar surface area (TPSA) is 94.3 Å². The third-order valence-corrected chi connectivity index (χ3v) is 8.98. The van der Waals surface area contributed by atoms with E-state index in [0.717, 1.165) is 80.3 Å². The number of quaternary nitrogens is 1. The van der Waals surface area contributed by atoms with Crippen molar-refractivity contribution in [1.82, 2.24) is 0 Å². The number of nitrogens with zero attached hydrogens (tertiary/aromatic N) is 1. The van der Waals surface area contributed by atoms with Crippen molar-refractivity contribution in [2.45, 2.75) is 54.4 Å². The summed E-state index contributed by atoms with van der Waals surface area (Å²) in [6.45, 7) is 4.27. The number of hydrogen-bond acceptors (Lipinski definition) is 5. The van der Waals surface area contributed by atoms with Gasteiger partial charge in [-0.2, -0.15) is 0 Å². The normalized spacial score (nSPS) is 17.7. The van der Waals surface area contributed by atoms with Crippen molar-refractivity contribution in [3.8, 4) is 0 Å². The molecule has 0 spiro atoms. The first kappa shape index (κ1) is 31.9. The molecular weight excluding hydrogens is 527 g/mol. The van der Waals surface area contributed by atoms with Gasteiger partial charge in [0.25, 0.3) is 0 Å². The van der Waals surface area contributed by atoms with Crippen LogP contribution in [-0.4, -0.2) is 66.1 Å². The molecule has 1 heterocycles. The van der Waals surface area contributed by atoms with Crippen molar-refractivity contribution >= 4 is 32.1 Å². The fourth-order valence-electron chi connectivity index (χ4n) is 4.93. The maximum atomic E-state index is 11.7. The number of aryl methyl sites for hydroxylation is 2. The Morgan fingerprint density at radius 1 is 0.800 bits per heavy atom. The lowest BCUT2D eigenvalue weighted by Gasteiger charge is -2.44. The lowest BCUT2D eigenvalue weighted by molar-refractivity contribution is -0.933. The minimum absolute atomic E-state index is 0. The van der Waals surface area contributed by atoms with Crippen LogP contribution in [0.2, 0.25) is 0 Å². The quantitative estimate of drug-likeness (QED) is 0.422. The van der Waals surface area contributed by atoms with Gasteiger partial charge >= 0.3 is 0 Å². The second kappa shape index (κ2) is 13.4. The van der Waals surface area contributed by atoms with E-state index in [1.165, 1.54) is 12.5 Å². The number of benzene rings is 2. The zero-order valence-electron chi connectivity index (χ0n) is 20.5. The summed E-state index contributed by atoms with van der Waals surface area (Å²) in [6, 6.07) is 14.7.